The summed E-state index contributed by atoms with van der Waals surface area (Å²) in [6, 6.07) is 3.68. The van der Waals surface area contributed by atoms with E-state index in [1.165, 1.54) is 30.5 Å². The van der Waals surface area contributed by atoms with Gasteiger partial charge in [0.2, 0.25) is 0 Å². The third-order valence-corrected chi connectivity index (χ3v) is 5.79. The number of carbonyl (C=O) groups excluding carboxylic acids is 2. The number of fused-ring (bicyclic) bond motifs is 1. The van der Waals surface area contributed by atoms with Crippen molar-refractivity contribution in [1.82, 2.24) is 5.32 Å². The summed E-state index contributed by atoms with van der Waals surface area (Å²) in [5.74, 6) is -0.840. The highest BCUT2D eigenvalue weighted by Gasteiger charge is 2.26. The van der Waals surface area contributed by atoms with Gasteiger partial charge in [-0.25, -0.2) is 0 Å². The van der Waals surface area contributed by atoms with E-state index in [1.54, 1.807) is 0 Å². The van der Waals surface area contributed by atoms with E-state index in [2.05, 4.69) is 10.6 Å². The van der Waals surface area contributed by atoms with Crippen molar-refractivity contribution in [3.63, 3.8) is 0 Å². The molecule has 0 saturated heterocycles. The Labute approximate surface area is 158 Å². The standard InChI is InChI=1S/C17H16ClN3O4S/c1-19-16(23)14-10-4-2-3-5-13(10)26-17(14)20-15(22)11-8-9(21(24)25)6-7-12(11)18/h6-8H,2-5H2,1H3,(H,19,23)(H,20,22). The molecule has 0 spiro atoms. The van der Waals surface area contributed by atoms with E-state index in [0.717, 1.165) is 42.2 Å². The normalized spacial score (nSPS) is 13.0. The zero-order valence-electron chi connectivity index (χ0n) is 13.9. The molecule has 1 aliphatic rings. The lowest BCUT2D eigenvalue weighted by atomic mass is 9.95. The average Bonchev–Trinajstić information content (AvgIpc) is 2.98. The molecule has 0 radical (unpaired) electrons. The smallest absolute Gasteiger partial charge is 0.270 e. The minimum absolute atomic E-state index is 0.00454. The van der Waals surface area contributed by atoms with Crippen molar-refractivity contribution in [2.45, 2.75) is 25.7 Å². The molecule has 9 heteroatoms. The molecular formula is C17H16ClN3O4S. The molecule has 1 heterocycles. The molecule has 26 heavy (non-hydrogen) atoms. The lowest BCUT2D eigenvalue weighted by Crippen LogP contribution is -2.22. The fourth-order valence-electron chi connectivity index (χ4n) is 2.99. The Kier molecular flexibility index (Phi) is 5.24. The lowest BCUT2D eigenvalue weighted by molar-refractivity contribution is -0.384. The summed E-state index contributed by atoms with van der Waals surface area (Å²) in [5.41, 5.74) is 1.22. The second-order valence-electron chi connectivity index (χ2n) is 5.87. The number of nitrogens with zero attached hydrogens (tertiary/aromatic N) is 1. The molecule has 1 aromatic heterocycles. The predicted octanol–water partition coefficient (Wildman–Crippen LogP) is 3.80. The largest absolute Gasteiger partial charge is 0.355 e. The quantitative estimate of drug-likeness (QED) is 0.609. The molecule has 2 aromatic rings. The topological polar surface area (TPSA) is 101 Å². The maximum Gasteiger partial charge on any atom is 0.270 e. The molecule has 2 amide bonds. The van der Waals surface area contributed by atoms with Gasteiger partial charge in [0.1, 0.15) is 5.00 Å². The van der Waals surface area contributed by atoms with Crippen LogP contribution in [0.25, 0.3) is 0 Å². The molecule has 3 rings (SSSR count). The van der Waals surface area contributed by atoms with Crippen LogP contribution in [-0.2, 0) is 12.8 Å². The van der Waals surface area contributed by atoms with E-state index < -0.39 is 10.8 Å². The maximum atomic E-state index is 12.6. The number of carbonyl (C=O) groups is 2. The van der Waals surface area contributed by atoms with Gasteiger partial charge < -0.3 is 10.6 Å². The number of anilines is 1. The van der Waals surface area contributed by atoms with E-state index in [4.69, 9.17) is 11.6 Å². The summed E-state index contributed by atoms with van der Waals surface area (Å²) in [6.45, 7) is 0. The fraction of sp³-hybridized carbons (Fsp3) is 0.294. The van der Waals surface area contributed by atoms with Crippen molar-refractivity contribution in [3.8, 4) is 0 Å². The highest BCUT2D eigenvalue weighted by Crippen LogP contribution is 2.38. The van der Waals surface area contributed by atoms with Gasteiger partial charge in [-0.15, -0.1) is 11.3 Å². The minimum atomic E-state index is -0.590. The number of non-ortho nitro benzene ring substituents is 1. The summed E-state index contributed by atoms with van der Waals surface area (Å²) in [7, 11) is 1.54. The molecule has 136 valence electrons. The zero-order valence-corrected chi connectivity index (χ0v) is 15.5. The van der Waals surface area contributed by atoms with Crippen molar-refractivity contribution in [1.29, 1.82) is 0 Å². The minimum Gasteiger partial charge on any atom is -0.355 e. The number of nitro benzene ring substituents is 1. The molecule has 1 aromatic carbocycles. The molecule has 0 aliphatic heterocycles. The first-order chi connectivity index (χ1) is 12.4. The van der Waals surface area contributed by atoms with Crippen LogP contribution in [0.15, 0.2) is 18.2 Å². The SMILES string of the molecule is CNC(=O)c1c(NC(=O)c2cc([N+](=O)[O-])ccc2Cl)sc2c1CCCC2. The summed E-state index contributed by atoms with van der Waals surface area (Å²) in [6.07, 6.45) is 3.71. The number of aryl methyl sites for hydroxylation is 1. The Morgan fingerprint density at radius 1 is 1.23 bits per heavy atom. The van der Waals surface area contributed by atoms with Gasteiger partial charge in [-0.05, 0) is 37.3 Å². The van der Waals surface area contributed by atoms with Crippen LogP contribution in [-0.4, -0.2) is 23.8 Å². The first-order valence-electron chi connectivity index (χ1n) is 8.04. The average molecular weight is 394 g/mol. The van der Waals surface area contributed by atoms with Gasteiger partial charge in [0.15, 0.2) is 0 Å². The third-order valence-electron chi connectivity index (χ3n) is 4.26. The van der Waals surface area contributed by atoms with Crippen molar-refractivity contribution in [2.24, 2.45) is 0 Å². The Morgan fingerprint density at radius 3 is 2.65 bits per heavy atom. The number of thiophene rings is 1. The van der Waals surface area contributed by atoms with Crippen LogP contribution in [0.3, 0.4) is 0 Å². The number of hydrogen-bond donors (Lipinski definition) is 2. The maximum absolute atomic E-state index is 12.6. The number of nitro groups is 1. The Hall–Kier alpha value is -2.45. The fourth-order valence-corrected chi connectivity index (χ4v) is 4.48. The monoisotopic (exact) mass is 393 g/mol. The van der Waals surface area contributed by atoms with Crippen molar-refractivity contribution >= 4 is 45.4 Å². The highest BCUT2D eigenvalue weighted by molar-refractivity contribution is 7.17. The second kappa shape index (κ2) is 7.43. The molecule has 7 nitrogen and oxygen atoms in total. The number of halogens is 1. The number of rotatable bonds is 4. The molecule has 0 bridgehead atoms. The van der Waals surface area contributed by atoms with E-state index in [-0.39, 0.29) is 22.2 Å². The molecule has 2 N–H and O–H groups in total. The zero-order chi connectivity index (χ0) is 18.8. The summed E-state index contributed by atoms with van der Waals surface area (Å²) < 4.78 is 0. The Balaban J connectivity index is 1.98. The van der Waals surface area contributed by atoms with Gasteiger partial charge in [0.25, 0.3) is 17.5 Å². The van der Waals surface area contributed by atoms with E-state index >= 15 is 0 Å². The highest BCUT2D eigenvalue weighted by atomic mass is 35.5. The van der Waals surface area contributed by atoms with Gasteiger partial charge in [0.05, 0.1) is 21.1 Å². The van der Waals surface area contributed by atoms with Crippen molar-refractivity contribution in [2.75, 3.05) is 12.4 Å². The second-order valence-corrected chi connectivity index (χ2v) is 7.38. The molecule has 0 atom stereocenters. The summed E-state index contributed by atoms with van der Waals surface area (Å²) in [4.78, 5) is 36.4. The van der Waals surface area contributed by atoms with Crippen LogP contribution in [0.2, 0.25) is 5.02 Å². The first kappa shape index (κ1) is 18.3. The molecule has 0 fully saturated rings. The number of hydrogen-bond acceptors (Lipinski definition) is 5. The van der Waals surface area contributed by atoms with Crippen molar-refractivity contribution in [3.05, 3.63) is 54.9 Å². The molecule has 0 unspecified atom stereocenters. The number of amides is 2. The lowest BCUT2D eigenvalue weighted by Gasteiger charge is -2.12. The van der Waals surface area contributed by atoms with Crippen LogP contribution in [0.4, 0.5) is 10.7 Å². The number of nitrogens with one attached hydrogen (secondary N) is 2. The molecular weight excluding hydrogens is 378 g/mol. The van der Waals surface area contributed by atoms with Crippen LogP contribution < -0.4 is 10.6 Å². The molecule has 0 saturated carbocycles. The van der Waals surface area contributed by atoms with Crippen LogP contribution >= 0.6 is 22.9 Å². The third kappa shape index (κ3) is 3.42. The van der Waals surface area contributed by atoms with E-state index in [1.807, 2.05) is 0 Å². The first-order valence-corrected chi connectivity index (χ1v) is 9.23. The van der Waals surface area contributed by atoms with Gasteiger partial charge >= 0.3 is 0 Å². The van der Waals surface area contributed by atoms with Crippen LogP contribution in [0.1, 0.15) is 44.0 Å². The van der Waals surface area contributed by atoms with Gasteiger partial charge in [0, 0.05) is 24.1 Å². The van der Waals surface area contributed by atoms with Gasteiger partial charge in [-0.3, -0.25) is 19.7 Å². The Bertz CT molecular complexity index is 910. The predicted molar refractivity (Wildman–Crippen MR) is 100 cm³/mol. The Morgan fingerprint density at radius 2 is 1.96 bits per heavy atom. The van der Waals surface area contributed by atoms with E-state index in [0.29, 0.717) is 10.6 Å². The summed E-state index contributed by atoms with van der Waals surface area (Å²) >= 11 is 7.41. The van der Waals surface area contributed by atoms with Crippen LogP contribution in [0, 0.1) is 10.1 Å². The van der Waals surface area contributed by atoms with Crippen LogP contribution in [0.5, 0.6) is 0 Å². The van der Waals surface area contributed by atoms with Gasteiger partial charge in [-0.1, -0.05) is 11.6 Å². The molecule has 1 aliphatic carbocycles. The number of benzene rings is 1. The van der Waals surface area contributed by atoms with Gasteiger partial charge in [-0.2, -0.15) is 0 Å². The summed E-state index contributed by atoms with van der Waals surface area (Å²) in [5, 5.41) is 16.8. The van der Waals surface area contributed by atoms with Crippen molar-refractivity contribution < 1.29 is 14.5 Å². The van der Waals surface area contributed by atoms with E-state index in [9.17, 15) is 19.7 Å².